The maximum Gasteiger partial charge on any atom is 0.446 e. The van der Waals surface area contributed by atoms with E-state index in [9.17, 15) is 18.3 Å². The quantitative estimate of drug-likeness (QED) is 0.851. The minimum Gasteiger partial charge on any atom is -0.388 e. The van der Waals surface area contributed by atoms with E-state index in [0.717, 1.165) is 10.7 Å². The molecule has 1 heterocycles. The number of nitrogens with zero attached hydrogens (tertiary/aromatic N) is 1. The Hall–Kier alpha value is -1.05. The number of hydrogen-bond acceptors (Lipinski definition) is 4. The van der Waals surface area contributed by atoms with Gasteiger partial charge in [0, 0.05) is 22.4 Å². The van der Waals surface area contributed by atoms with Crippen LogP contribution in [0.1, 0.15) is 22.4 Å². The van der Waals surface area contributed by atoms with Crippen LogP contribution < -0.4 is 0 Å². The van der Waals surface area contributed by atoms with E-state index in [1.54, 1.807) is 0 Å². The zero-order valence-corrected chi connectivity index (χ0v) is 12.1. The van der Waals surface area contributed by atoms with Crippen molar-refractivity contribution in [3.8, 4) is 0 Å². The molecular formula is C13H12F3NOS2. The van der Waals surface area contributed by atoms with Gasteiger partial charge in [0.25, 0.3) is 0 Å². The van der Waals surface area contributed by atoms with Gasteiger partial charge in [0.2, 0.25) is 0 Å². The minimum atomic E-state index is -4.29. The summed E-state index contributed by atoms with van der Waals surface area (Å²) < 4.78 is 36.6. The van der Waals surface area contributed by atoms with Gasteiger partial charge in [-0.1, -0.05) is 12.1 Å². The van der Waals surface area contributed by atoms with Gasteiger partial charge in [-0.05, 0) is 36.4 Å². The second-order valence-electron chi connectivity index (χ2n) is 4.22. The highest BCUT2D eigenvalue weighted by Crippen LogP contribution is 2.37. The smallest absolute Gasteiger partial charge is 0.388 e. The van der Waals surface area contributed by atoms with Crippen molar-refractivity contribution in [3.05, 3.63) is 45.9 Å². The number of alkyl halides is 3. The fraction of sp³-hybridized carbons (Fsp3) is 0.308. The summed E-state index contributed by atoms with van der Waals surface area (Å²) in [6.07, 6.45) is -0.393. The molecule has 0 aliphatic rings. The van der Waals surface area contributed by atoms with Crippen LogP contribution in [0.3, 0.4) is 0 Å². The first kappa shape index (κ1) is 15.3. The molecule has 0 amide bonds. The Morgan fingerprint density at radius 1 is 1.30 bits per heavy atom. The number of benzene rings is 1. The Balaban J connectivity index is 2.02. The molecule has 2 aromatic rings. The monoisotopic (exact) mass is 319 g/mol. The van der Waals surface area contributed by atoms with Gasteiger partial charge in [-0.3, -0.25) is 0 Å². The van der Waals surface area contributed by atoms with Crippen LogP contribution in [0.2, 0.25) is 0 Å². The lowest BCUT2D eigenvalue weighted by Gasteiger charge is -2.10. The summed E-state index contributed by atoms with van der Waals surface area (Å²) in [5, 5.41) is 12.7. The van der Waals surface area contributed by atoms with Crippen LogP contribution in [0, 0.1) is 6.92 Å². The van der Waals surface area contributed by atoms with Crippen LogP contribution in [0.25, 0.3) is 0 Å². The molecule has 20 heavy (non-hydrogen) atoms. The molecule has 1 aromatic heterocycles. The topological polar surface area (TPSA) is 33.1 Å². The van der Waals surface area contributed by atoms with Crippen LogP contribution in [0.4, 0.5) is 13.2 Å². The molecule has 0 bridgehead atoms. The predicted octanol–water partition coefficient (Wildman–Crippen LogP) is 4.34. The lowest BCUT2D eigenvalue weighted by Crippen LogP contribution is -2.02. The molecule has 1 N–H and O–H groups in total. The Kier molecular flexibility index (Phi) is 4.72. The lowest BCUT2D eigenvalue weighted by atomic mass is 10.1. The second-order valence-corrected chi connectivity index (χ2v) is 6.30. The van der Waals surface area contributed by atoms with Crippen molar-refractivity contribution in [2.24, 2.45) is 0 Å². The summed E-state index contributed by atoms with van der Waals surface area (Å²) in [6, 6.07) is 5.76. The molecule has 0 saturated carbocycles. The highest BCUT2D eigenvalue weighted by Gasteiger charge is 2.29. The van der Waals surface area contributed by atoms with E-state index in [0.29, 0.717) is 12.0 Å². The van der Waals surface area contributed by atoms with Crippen molar-refractivity contribution in [1.82, 2.24) is 4.98 Å². The van der Waals surface area contributed by atoms with E-state index in [2.05, 4.69) is 4.98 Å². The summed E-state index contributed by atoms with van der Waals surface area (Å²) in [6.45, 7) is 1.87. The van der Waals surface area contributed by atoms with Gasteiger partial charge >= 0.3 is 5.51 Å². The molecule has 1 unspecified atom stereocenters. The lowest BCUT2D eigenvalue weighted by molar-refractivity contribution is -0.0328. The van der Waals surface area contributed by atoms with Crippen molar-refractivity contribution in [2.75, 3.05) is 0 Å². The summed E-state index contributed by atoms with van der Waals surface area (Å²) in [7, 11) is 0. The SMILES string of the molecule is Cc1csc(CC(O)c2ccc(SC(F)(F)F)cc2)n1. The van der Waals surface area contributed by atoms with Gasteiger partial charge in [-0.25, -0.2) is 4.98 Å². The van der Waals surface area contributed by atoms with E-state index in [1.807, 2.05) is 12.3 Å². The van der Waals surface area contributed by atoms with E-state index in [1.165, 1.54) is 35.6 Å². The van der Waals surface area contributed by atoms with Crippen LogP contribution >= 0.6 is 23.1 Å². The number of rotatable bonds is 4. The maximum absolute atomic E-state index is 12.2. The van der Waals surface area contributed by atoms with Crippen molar-refractivity contribution >= 4 is 23.1 Å². The number of halogens is 3. The average Bonchev–Trinajstić information content (AvgIpc) is 2.73. The predicted molar refractivity (Wildman–Crippen MR) is 73.9 cm³/mol. The molecule has 0 aliphatic heterocycles. The zero-order chi connectivity index (χ0) is 14.8. The maximum atomic E-state index is 12.2. The largest absolute Gasteiger partial charge is 0.446 e. The molecule has 0 fully saturated rings. The highest BCUT2D eigenvalue weighted by atomic mass is 32.2. The molecule has 1 atom stereocenters. The highest BCUT2D eigenvalue weighted by molar-refractivity contribution is 8.00. The molecule has 1 aromatic carbocycles. The Morgan fingerprint density at radius 3 is 2.45 bits per heavy atom. The third-order valence-electron chi connectivity index (χ3n) is 2.53. The van der Waals surface area contributed by atoms with Gasteiger partial charge in [0.1, 0.15) is 0 Å². The third kappa shape index (κ3) is 4.50. The molecule has 2 nitrogen and oxygen atoms in total. The number of thiazole rings is 1. The molecule has 0 saturated heterocycles. The number of aryl methyl sites for hydroxylation is 1. The number of hydrogen-bond donors (Lipinski definition) is 1. The molecule has 108 valence electrons. The normalized spacial score (nSPS) is 13.4. The molecule has 2 rings (SSSR count). The van der Waals surface area contributed by atoms with Crippen molar-refractivity contribution in [1.29, 1.82) is 0 Å². The van der Waals surface area contributed by atoms with Crippen molar-refractivity contribution in [2.45, 2.75) is 29.9 Å². The number of thioether (sulfide) groups is 1. The van der Waals surface area contributed by atoms with Crippen LogP contribution in [0.5, 0.6) is 0 Å². The van der Waals surface area contributed by atoms with Gasteiger partial charge in [-0.15, -0.1) is 11.3 Å². The molecule has 0 radical (unpaired) electrons. The molecular weight excluding hydrogens is 307 g/mol. The van der Waals surface area contributed by atoms with E-state index >= 15 is 0 Å². The van der Waals surface area contributed by atoms with Gasteiger partial charge in [-0.2, -0.15) is 13.2 Å². The molecule has 0 aliphatic carbocycles. The summed E-state index contributed by atoms with van der Waals surface area (Å²) in [5.41, 5.74) is -2.81. The van der Waals surface area contributed by atoms with E-state index in [-0.39, 0.29) is 16.7 Å². The van der Waals surface area contributed by atoms with Crippen LogP contribution in [-0.4, -0.2) is 15.6 Å². The number of aromatic nitrogens is 1. The second kappa shape index (κ2) is 6.15. The fourth-order valence-corrected chi connectivity index (χ4v) is 3.02. The average molecular weight is 319 g/mol. The summed E-state index contributed by atoms with van der Waals surface area (Å²) >= 11 is 1.30. The first-order chi connectivity index (χ1) is 9.33. The fourth-order valence-electron chi connectivity index (χ4n) is 1.67. The molecule has 0 spiro atoms. The standard InChI is InChI=1S/C13H12F3NOS2/c1-8-7-19-12(17-8)6-11(18)9-2-4-10(5-3-9)20-13(14,15)16/h2-5,7,11,18H,6H2,1H3. The van der Waals surface area contributed by atoms with Crippen molar-refractivity contribution < 1.29 is 18.3 Å². The van der Waals surface area contributed by atoms with E-state index in [4.69, 9.17) is 0 Å². The van der Waals surface area contributed by atoms with Crippen LogP contribution in [0.15, 0.2) is 34.5 Å². The number of aliphatic hydroxyl groups excluding tert-OH is 1. The Bertz CT molecular complexity index is 566. The zero-order valence-electron chi connectivity index (χ0n) is 10.5. The first-order valence-corrected chi connectivity index (χ1v) is 7.48. The number of aliphatic hydroxyl groups is 1. The van der Waals surface area contributed by atoms with Crippen LogP contribution in [-0.2, 0) is 6.42 Å². The van der Waals surface area contributed by atoms with Crippen molar-refractivity contribution in [3.63, 3.8) is 0 Å². The molecule has 7 heteroatoms. The summed E-state index contributed by atoms with van der Waals surface area (Å²) in [5.74, 6) is 0. The third-order valence-corrected chi connectivity index (χ3v) is 4.26. The van der Waals surface area contributed by atoms with Gasteiger partial charge < -0.3 is 5.11 Å². The minimum absolute atomic E-state index is 0.110. The van der Waals surface area contributed by atoms with Gasteiger partial charge in [0.15, 0.2) is 0 Å². The first-order valence-electron chi connectivity index (χ1n) is 5.78. The van der Waals surface area contributed by atoms with E-state index < -0.39 is 11.6 Å². The Morgan fingerprint density at radius 2 is 1.95 bits per heavy atom. The summed E-state index contributed by atoms with van der Waals surface area (Å²) in [4.78, 5) is 4.36. The Labute approximate surface area is 122 Å². The van der Waals surface area contributed by atoms with Gasteiger partial charge in [0.05, 0.1) is 11.1 Å².